The van der Waals surface area contributed by atoms with E-state index in [1.807, 2.05) is 0 Å². The molecule has 126 valence electrons. The van der Waals surface area contributed by atoms with Gasteiger partial charge in [0.05, 0.1) is 0 Å². The molecule has 7 heteroatoms. The molecule has 0 radical (unpaired) electrons. The average molecular weight is 323 g/mol. The molecule has 0 aromatic heterocycles. The summed E-state index contributed by atoms with van der Waals surface area (Å²) in [5.41, 5.74) is -0.203. The maximum Gasteiger partial charge on any atom is 0.272 e. The van der Waals surface area contributed by atoms with Crippen molar-refractivity contribution in [2.24, 2.45) is 0 Å². The maximum atomic E-state index is 11.9. The number of rotatable bonds is 3. The fourth-order valence-corrected chi connectivity index (χ4v) is 4.50. The molecule has 2 aliphatic rings. The Balaban J connectivity index is 2.32. The number of nitrogens with zero attached hydrogens (tertiary/aromatic N) is 1. The molecule has 1 fully saturated rings. The number of ether oxygens (including phenoxy) is 2. The van der Waals surface area contributed by atoms with Crippen LogP contribution in [-0.4, -0.2) is 41.0 Å². The van der Waals surface area contributed by atoms with Crippen LogP contribution in [0.5, 0.6) is 11.5 Å². The van der Waals surface area contributed by atoms with E-state index in [0.717, 1.165) is 12.8 Å². The molecule has 7 nitrogen and oxygen atoms in total. The second-order valence-corrected chi connectivity index (χ2v) is 6.28. The molecule has 0 saturated heterocycles. The van der Waals surface area contributed by atoms with Crippen molar-refractivity contribution in [2.45, 2.75) is 49.3 Å². The van der Waals surface area contributed by atoms with Gasteiger partial charge >= 0.3 is 0 Å². The van der Waals surface area contributed by atoms with Gasteiger partial charge in [-0.05, 0) is 25.0 Å². The maximum absolute atomic E-state index is 11.9. The van der Waals surface area contributed by atoms with Crippen molar-refractivity contribution < 1.29 is 24.6 Å². The summed E-state index contributed by atoms with van der Waals surface area (Å²) in [6.07, 6.45) is 1.93. The predicted octanol–water partition coefficient (Wildman–Crippen LogP) is 2.49. The molecule has 0 unspecified atom stereocenters. The van der Waals surface area contributed by atoms with Gasteiger partial charge in [-0.25, -0.2) is 0 Å². The Morgan fingerprint density at radius 2 is 1.87 bits per heavy atom. The summed E-state index contributed by atoms with van der Waals surface area (Å²) in [5.74, 6) is -0.410. The largest absolute Gasteiger partial charge is 0.508 e. The van der Waals surface area contributed by atoms with Crippen molar-refractivity contribution in [3.8, 4) is 11.5 Å². The first kappa shape index (κ1) is 16.0. The van der Waals surface area contributed by atoms with E-state index in [-0.39, 0.29) is 22.3 Å². The van der Waals surface area contributed by atoms with E-state index in [2.05, 4.69) is 0 Å². The van der Waals surface area contributed by atoms with Gasteiger partial charge in [0.15, 0.2) is 6.10 Å². The molecule has 23 heavy (non-hydrogen) atoms. The fraction of sp³-hybridized carbons (Fsp3) is 0.625. The smallest absolute Gasteiger partial charge is 0.272 e. The highest BCUT2D eigenvalue weighted by Gasteiger charge is 2.63. The van der Waals surface area contributed by atoms with Gasteiger partial charge in [0.25, 0.3) is 6.04 Å². The highest BCUT2D eigenvalue weighted by molar-refractivity contribution is 5.54. The van der Waals surface area contributed by atoms with Crippen LogP contribution in [0.25, 0.3) is 0 Å². The van der Waals surface area contributed by atoms with Crippen LogP contribution in [0.15, 0.2) is 12.1 Å². The van der Waals surface area contributed by atoms with Gasteiger partial charge in [0.2, 0.25) is 0 Å². The van der Waals surface area contributed by atoms with Gasteiger partial charge in [-0.15, -0.1) is 0 Å². The third-order valence-corrected chi connectivity index (χ3v) is 5.42. The zero-order valence-corrected chi connectivity index (χ0v) is 13.2. The molecule has 0 heterocycles. The molecule has 0 spiro atoms. The Hall–Kier alpha value is -1.86. The summed E-state index contributed by atoms with van der Waals surface area (Å²) in [5, 5.41) is 32.5. The Kier molecular flexibility index (Phi) is 3.93. The number of hydrogen-bond donors (Lipinski definition) is 2. The Morgan fingerprint density at radius 1 is 1.22 bits per heavy atom. The van der Waals surface area contributed by atoms with E-state index in [1.165, 1.54) is 26.4 Å². The van der Waals surface area contributed by atoms with E-state index in [0.29, 0.717) is 24.0 Å². The Bertz CT molecular complexity index is 633. The van der Waals surface area contributed by atoms with Crippen LogP contribution >= 0.6 is 0 Å². The summed E-state index contributed by atoms with van der Waals surface area (Å²) in [6.45, 7) is 0. The van der Waals surface area contributed by atoms with E-state index >= 15 is 0 Å². The number of fused-ring (bicyclic) bond motifs is 3. The summed E-state index contributed by atoms with van der Waals surface area (Å²) >= 11 is 0. The summed E-state index contributed by atoms with van der Waals surface area (Å²) in [6, 6.07) is 1.63. The highest BCUT2D eigenvalue weighted by atomic mass is 16.6. The lowest BCUT2D eigenvalue weighted by Crippen LogP contribution is -2.59. The van der Waals surface area contributed by atoms with Crippen molar-refractivity contribution in [3.63, 3.8) is 0 Å². The molecule has 0 bridgehead atoms. The molecular formula is C16H21NO6. The van der Waals surface area contributed by atoms with Crippen molar-refractivity contribution >= 4 is 0 Å². The fourth-order valence-electron chi connectivity index (χ4n) is 4.50. The first-order valence-corrected chi connectivity index (χ1v) is 7.74. The van der Waals surface area contributed by atoms with Crippen LogP contribution in [0.2, 0.25) is 0 Å². The molecular weight excluding hydrogens is 302 g/mol. The Morgan fingerprint density at radius 3 is 2.43 bits per heavy atom. The van der Waals surface area contributed by atoms with Crippen molar-refractivity contribution in [3.05, 3.63) is 33.4 Å². The third-order valence-electron chi connectivity index (χ3n) is 5.42. The second kappa shape index (κ2) is 5.65. The predicted molar refractivity (Wildman–Crippen MR) is 81.3 cm³/mol. The summed E-state index contributed by atoms with van der Waals surface area (Å²) < 4.78 is 11.1. The topological polar surface area (TPSA) is 102 Å². The monoisotopic (exact) mass is 323 g/mol. The second-order valence-electron chi connectivity index (χ2n) is 6.28. The zero-order chi connectivity index (χ0) is 16.8. The zero-order valence-electron chi connectivity index (χ0n) is 13.2. The third kappa shape index (κ3) is 2.10. The van der Waals surface area contributed by atoms with Crippen LogP contribution in [0, 0.1) is 10.1 Å². The minimum Gasteiger partial charge on any atom is -0.508 e. The SMILES string of the molecule is CO[C@H]1c2c(O)ccc(O)c2[C@H]2CCCC[C@@]2(OC)[C@@H]1[N+](=O)[O-]. The number of phenols is 2. The number of hydrogen-bond acceptors (Lipinski definition) is 6. The van der Waals surface area contributed by atoms with Crippen LogP contribution in [0.4, 0.5) is 0 Å². The molecule has 2 aliphatic carbocycles. The summed E-state index contributed by atoms with van der Waals surface area (Å²) in [4.78, 5) is 11.5. The molecule has 0 aliphatic heterocycles. The molecule has 1 aromatic carbocycles. The van der Waals surface area contributed by atoms with Crippen LogP contribution < -0.4 is 0 Å². The standard InChI is InChI=1S/C16H21NO6/c1-22-14-13-11(19)7-6-10(18)12(13)9-5-3-4-8-16(9,23-2)15(14)17(20)21/h6-7,9,14-15,18-19H,3-5,8H2,1-2H3/t9-,14+,15-,16+/m1/s1. The molecule has 3 rings (SSSR count). The number of benzene rings is 1. The van der Waals surface area contributed by atoms with E-state index in [9.17, 15) is 20.3 Å². The number of nitro groups is 1. The first-order chi connectivity index (χ1) is 11.0. The lowest BCUT2D eigenvalue weighted by molar-refractivity contribution is -0.565. The first-order valence-electron chi connectivity index (χ1n) is 7.74. The normalized spacial score (nSPS) is 32.9. The van der Waals surface area contributed by atoms with E-state index in [1.54, 1.807) is 0 Å². The number of aromatic hydroxyl groups is 2. The van der Waals surface area contributed by atoms with Gasteiger partial charge < -0.3 is 19.7 Å². The van der Waals surface area contributed by atoms with Gasteiger partial charge in [-0.3, -0.25) is 10.1 Å². The lowest BCUT2D eigenvalue weighted by Gasteiger charge is -2.49. The molecule has 2 N–H and O–H groups in total. The minimum atomic E-state index is -1.14. The molecule has 1 saturated carbocycles. The summed E-state index contributed by atoms with van der Waals surface area (Å²) in [7, 11) is 2.85. The molecule has 1 aromatic rings. The number of methoxy groups -OCH3 is 2. The number of phenolic OH excluding ortho intramolecular Hbond substituents is 2. The van der Waals surface area contributed by atoms with Crippen LogP contribution in [0.3, 0.4) is 0 Å². The van der Waals surface area contributed by atoms with E-state index < -0.39 is 17.7 Å². The highest BCUT2D eigenvalue weighted by Crippen LogP contribution is 2.58. The van der Waals surface area contributed by atoms with Crippen molar-refractivity contribution in [2.75, 3.05) is 14.2 Å². The Labute approximate surface area is 134 Å². The van der Waals surface area contributed by atoms with Gasteiger partial charge in [-0.1, -0.05) is 12.8 Å². The van der Waals surface area contributed by atoms with Crippen molar-refractivity contribution in [1.29, 1.82) is 0 Å². The van der Waals surface area contributed by atoms with Crippen LogP contribution in [-0.2, 0) is 9.47 Å². The average Bonchev–Trinajstić information content (AvgIpc) is 2.55. The molecule has 0 amide bonds. The molecule has 4 atom stereocenters. The van der Waals surface area contributed by atoms with Gasteiger partial charge in [0, 0.05) is 36.2 Å². The minimum absolute atomic E-state index is 0.0231. The van der Waals surface area contributed by atoms with Crippen LogP contribution in [0.1, 0.15) is 48.8 Å². The lowest BCUT2D eigenvalue weighted by atomic mass is 9.61. The van der Waals surface area contributed by atoms with Gasteiger partial charge in [0.1, 0.15) is 17.1 Å². The van der Waals surface area contributed by atoms with Crippen molar-refractivity contribution in [1.82, 2.24) is 0 Å². The van der Waals surface area contributed by atoms with Gasteiger partial charge in [-0.2, -0.15) is 0 Å². The quantitative estimate of drug-likeness (QED) is 0.503. The van der Waals surface area contributed by atoms with E-state index in [4.69, 9.17) is 9.47 Å².